The molecule has 0 saturated carbocycles. The fourth-order valence-electron chi connectivity index (χ4n) is 23.0. The van der Waals surface area contributed by atoms with Crippen LogP contribution in [0, 0.1) is 62.3 Å². The van der Waals surface area contributed by atoms with E-state index in [1.165, 1.54) is 250 Å². The van der Waals surface area contributed by atoms with Crippen molar-refractivity contribution in [3.8, 4) is 246 Å². The third kappa shape index (κ3) is 16.6. The maximum absolute atomic E-state index is 4.87. The molecular formula is C137H110N8+4. The first-order valence-corrected chi connectivity index (χ1v) is 50.1. The molecule has 0 amide bonds. The van der Waals surface area contributed by atoms with Crippen molar-refractivity contribution in [3.05, 3.63) is 482 Å². The maximum atomic E-state index is 4.87. The summed E-state index contributed by atoms with van der Waals surface area (Å²) in [6, 6.07) is 146. The van der Waals surface area contributed by atoms with E-state index in [1.54, 1.807) is 0 Å². The highest BCUT2D eigenvalue weighted by atomic mass is 15.0. The summed E-state index contributed by atoms with van der Waals surface area (Å²) in [6.07, 6.45) is 9.58. The van der Waals surface area contributed by atoms with Crippen LogP contribution in [0.25, 0.3) is 246 Å². The standard InChI is InChI=1S/2C38H31N2.C31H25N2.C30H23N2/c1-24-17-25(2)19-27(18-24)37-22-38(40(4)23-39-37)34-21-36-33-16-10-8-14-31(33)29-12-6-5-11-28(29)30-13-7-9-15-32(30)35(36)20-26(34)3;1-24-19-25(2)21-27(20-24)35-22-36(40(4)23-39-35)37-26(3)17-18-34-32-15-8-7-13-30(32)28-11-5-6-12-29(28)31-14-9-10-16-33(31)38(34)37;1-20-16-17-28-26-14-7-6-12-24(26)22-10-4-5-11-23(22)25-13-8-9-15-27(25)31(28)30(20)29-18-21(2)32-19-33(29)3;1-20-15-16-27-25-13-6-5-11-23(25)21-9-3-4-10-22(21)24-12-7-8-14-26(24)30(27)29(20)28-17-18-31-19-32(28)2/h2*5-23H,1-4H3;4-19H,1-3H3;3-19H,1-2H3/q4*+1. The van der Waals surface area contributed by atoms with Crippen molar-refractivity contribution in [1.29, 1.82) is 0 Å². The third-order valence-corrected chi connectivity index (χ3v) is 29.5. The molecule has 0 bridgehead atoms. The summed E-state index contributed by atoms with van der Waals surface area (Å²) >= 11 is 0. The highest BCUT2D eigenvalue weighted by molar-refractivity contribution is 6.12. The predicted molar refractivity (Wildman–Crippen MR) is 598 cm³/mol. The summed E-state index contributed by atoms with van der Waals surface area (Å²) in [7, 11) is 8.34. The Kier molecular flexibility index (Phi) is 23.9. The SMILES string of the molecule is Cc1cc(-c2c(C)ccc3c2-c2ccccc2-c2ccccc2-c2ccccc2-3)[n+](C)cn1.Cc1cc(C)cc(-c2cc(-c3c(C)ccc4c3-c3ccccc3-c3ccccc3-c3ccccc3-4)[n+](C)cn2)c1.Cc1cc(C)cc(-c2cc(-c3cc4c(cc3C)-c3ccccc3-c3ccccc3-c3ccccc3-4)[n+](C)cn2)c1.Cc1ccc2c(c1-c1ccnc[n+]1C)-c1ccccc1-c1ccccc1-c1ccccc1-2. The molecule has 8 heteroatoms. The highest BCUT2D eigenvalue weighted by Crippen LogP contribution is 2.57. The van der Waals surface area contributed by atoms with Crippen LogP contribution in [0.2, 0.25) is 0 Å². The molecule has 26 rings (SSSR count). The number of hydrogen-bond acceptors (Lipinski definition) is 4. The number of aromatic nitrogens is 8. The van der Waals surface area contributed by atoms with Crippen LogP contribution in [0.3, 0.4) is 0 Å². The molecule has 0 radical (unpaired) electrons. The zero-order chi connectivity index (χ0) is 98.9. The minimum Gasteiger partial charge on any atom is -0.233 e. The highest BCUT2D eigenvalue weighted by Gasteiger charge is 2.34. The first-order chi connectivity index (χ1) is 70.8. The Morgan fingerprint density at radius 1 is 0.159 bits per heavy atom. The van der Waals surface area contributed by atoms with Crippen LogP contribution < -0.4 is 18.3 Å². The normalized spacial score (nSPS) is 11.5. The molecule has 0 fully saturated rings. The van der Waals surface area contributed by atoms with E-state index in [0.717, 1.165) is 45.3 Å². The Morgan fingerprint density at radius 3 is 0.697 bits per heavy atom. The summed E-state index contributed by atoms with van der Waals surface area (Å²) in [5.74, 6) is 0. The van der Waals surface area contributed by atoms with Gasteiger partial charge in [-0.3, -0.25) is 0 Å². The van der Waals surface area contributed by atoms with E-state index in [0.29, 0.717) is 0 Å². The molecular weight excluding hydrogens is 1760 g/mol. The average Bonchev–Trinajstić information content (AvgIpc) is 0.721. The molecule has 8 nitrogen and oxygen atoms in total. The van der Waals surface area contributed by atoms with Crippen molar-refractivity contribution in [2.75, 3.05) is 0 Å². The molecule has 0 atom stereocenters. The Hall–Kier alpha value is -17.7. The average molecular weight is 1870 g/mol. The third-order valence-electron chi connectivity index (χ3n) is 29.5. The summed E-state index contributed by atoms with van der Waals surface area (Å²) in [4.78, 5) is 18.5. The Bertz CT molecular complexity index is 8880. The van der Waals surface area contributed by atoms with Gasteiger partial charge in [0, 0.05) is 81.3 Å². The fourth-order valence-corrected chi connectivity index (χ4v) is 23.0. The molecule has 4 aromatic heterocycles. The Balaban J connectivity index is 0.000000107. The molecule has 0 unspecified atom stereocenters. The van der Waals surface area contributed by atoms with Crippen molar-refractivity contribution >= 4 is 0 Å². The van der Waals surface area contributed by atoms with E-state index in [2.05, 4.69) is 519 Å². The van der Waals surface area contributed by atoms with Gasteiger partial charge in [0.25, 0.3) is 25.3 Å². The van der Waals surface area contributed by atoms with Crippen molar-refractivity contribution < 1.29 is 18.3 Å². The van der Waals surface area contributed by atoms with E-state index in [1.807, 2.05) is 31.5 Å². The first kappa shape index (κ1) is 91.1. The van der Waals surface area contributed by atoms with Gasteiger partial charge in [0.15, 0.2) is 17.1 Å². The van der Waals surface area contributed by atoms with Gasteiger partial charge in [0.05, 0.1) is 28.2 Å². The van der Waals surface area contributed by atoms with E-state index in [-0.39, 0.29) is 0 Å². The van der Waals surface area contributed by atoms with Gasteiger partial charge < -0.3 is 0 Å². The maximum Gasteiger partial charge on any atom is 0.287 e. The summed E-state index contributed by atoms with van der Waals surface area (Å²) in [6.45, 7) is 19.5. The number of hydrogen-bond donors (Lipinski definition) is 0. The van der Waals surface area contributed by atoms with E-state index in [4.69, 9.17) is 9.97 Å². The van der Waals surface area contributed by atoms with Gasteiger partial charge >= 0.3 is 0 Å². The minimum atomic E-state index is 0.988. The molecule has 0 saturated heterocycles. The van der Waals surface area contributed by atoms with Gasteiger partial charge in [-0.15, -0.1) is 0 Å². The molecule has 0 spiro atoms. The molecule has 4 aliphatic carbocycles. The van der Waals surface area contributed by atoms with Crippen LogP contribution in [-0.2, 0) is 28.2 Å². The molecule has 0 aliphatic heterocycles. The smallest absolute Gasteiger partial charge is 0.233 e. The van der Waals surface area contributed by atoms with Crippen molar-refractivity contribution in [1.82, 2.24) is 19.9 Å². The predicted octanol–water partition coefficient (Wildman–Crippen LogP) is 32.3. The lowest BCUT2D eigenvalue weighted by molar-refractivity contribution is -0.663. The topological polar surface area (TPSA) is 67.1 Å². The van der Waals surface area contributed by atoms with E-state index in [9.17, 15) is 0 Å². The van der Waals surface area contributed by atoms with Gasteiger partial charge in [0.1, 0.15) is 29.0 Å². The van der Waals surface area contributed by atoms with Gasteiger partial charge in [-0.1, -0.05) is 378 Å². The molecule has 18 aromatic carbocycles. The molecule has 22 aromatic rings. The molecule has 4 aliphatic rings. The Labute approximate surface area is 850 Å². The lowest BCUT2D eigenvalue weighted by Gasteiger charge is -2.25. The molecule has 694 valence electrons. The Morgan fingerprint density at radius 2 is 0.393 bits per heavy atom. The number of aryl methyl sites for hydroxylation is 13. The second-order valence-electron chi connectivity index (χ2n) is 39.2. The number of fused-ring (bicyclic) bond motifs is 32. The number of benzene rings is 18. The van der Waals surface area contributed by atoms with Crippen molar-refractivity contribution in [2.45, 2.75) is 62.3 Å². The summed E-state index contributed by atoms with van der Waals surface area (Å²) in [5, 5.41) is 0. The van der Waals surface area contributed by atoms with Crippen LogP contribution in [-0.4, -0.2) is 19.9 Å². The van der Waals surface area contributed by atoms with Crippen LogP contribution in [0.15, 0.2) is 432 Å². The van der Waals surface area contributed by atoms with Gasteiger partial charge in [-0.2, -0.15) is 0 Å². The van der Waals surface area contributed by atoms with Crippen molar-refractivity contribution in [3.63, 3.8) is 0 Å². The number of rotatable bonds is 6. The van der Waals surface area contributed by atoms with E-state index < -0.39 is 0 Å². The zero-order valence-corrected chi connectivity index (χ0v) is 84.1. The molecule has 4 heterocycles. The van der Waals surface area contributed by atoms with Gasteiger partial charge in [-0.05, 0) is 279 Å². The monoisotopic (exact) mass is 1870 g/mol. The van der Waals surface area contributed by atoms with Crippen molar-refractivity contribution in [2.24, 2.45) is 28.2 Å². The minimum absolute atomic E-state index is 0.988. The largest absolute Gasteiger partial charge is 0.287 e. The zero-order valence-electron chi connectivity index (χ0n) is 84.1. The first-order valence-electron chi connectivity index (χ1n) is 50.1. The van der Waals surface area contributed by atoms with Gasteiger partial charge in [0.2, 0.25) is 0 Å². The van der Waals surface area contributed by atoms with Gasteiger partial charge in [-0.25, -0.2) is 18.3 Å². The van der Waals surface area contributed by atoms with E-state index >= 15 is 0 Å². The second-order valence-corrected chi connectivity index (χ2v) is 39.2. The lowest BCUT2D eigenvalue weighted by Crippen LogP contribution is -2.32. The molecule has 145 heavy (non-hydrogen) atoms. The second kappa shape index (κ2) is 38.0. The lowest BCUT2D eigenvalue weighted by atomic mass is 9.78. The summed E-state index contributed by atoms with van der Waals surface area (Å²) < 4.78 is 8.55. The van der Waals surface area contributed by atoms with Crippen LogP contribution in [0.1, 0.15) is 50.2 Å². The quantitative estimate of drug-likeness (QED) is 0.156. The van der Waals surface area contributed by atoms with Crippen LogP contribution in [0.5, 0.6) is 0 Å². The fraction of sp³-hybridized carbons (Fsp3) is 0.0949. The number of nitrogens with zero attached hydrogens (tertiary/aromatic N) is 8. The summed E-state index contributed by atoms with van der Waals surface area (Å²) in [5.41, 5.74) is 65.5. The van der Waals surface area contributed by atoms with Crippen LogP contribution in [0.4, 0.5) is 0 Å². The molecule has 0 N–H and O–H groups in total. The van der Waals surface area contributed by atoms with Crippen LogP contribution >= 0.6 is 0 Å².